The van der Waals surface area contributed by atoms with Gasteiger partial charge in [-0.2, -0.15) is 10.2 Å². The van der Waals surface area contributed by atoms with Crippen molar-refractivity contribution in [1.29, 1.82) is 0 Å². The first-order valence-electron chi connectivity index (χ1n) is 17.9. The second-order valence-electron chi connectivity index (χ2n) is 13.7. The van der Waals surface area contributed by atoms with Gasteiger partial charge < -0.3 is 24.8 Å². The van der Waals surface area contributed by atoms with Crippen LogP contribution in [0.3, 0.4) is 0 Å². The molecule has 0 amide bonds. The minimum Gasteiger partial charge on any atom is -0.465 e. The van der Waals surface area contributed by atoms with E-state index in [1.54, 1.807) is 51.1 Å². The molecule has 2 aliphatic rings. The van der Waals surface area contributed by atoms with Gasteiger partial charge in [-0.1, -0.05) is 6.07 Å². The maximum absolute atomic E-state index is 12.7. The third-order valence-electron chi connectivity index (χ3n) is 10.3. The molecule has 4 heterocycles. The van der Waals surface area contributed by atoms with Crippen molar-refractivity contribution in [3.8, 4) is 22.5 Å². The Morgan fingerprint density at radius 3 is 1.62 bits per heavy atom. The van der Waals surface area contributed by atoms with Crippen LogP contribution in [0.4, 0.5) is 23.3 Å². The molecule has 0 bridgehead atoms. The molecule has 52 heavy (non-hydrogen) atoms. The van der Waals surface area contributed by atoms with Crippen LogP contribution >= 0.6 is 0 Å². The maximum atomic E-state index is 12.7. The molecule has 0 radical (unpaired) electrons. The summed E-state index contributed by atoms with van der Waals surface area (Å²) in [6.45, 7) is 3.91. The van der Waals surface area contributed by atoms with Crippen LogP contribution in [0.15, 0.2) is 55.4 Å². The molecule has 2 saturated carbocycles. The first-order chi connectivity index (χ1) is 25.3. The van der Waals surface area contributed by atoms with Gasteiger partial charge in [0.2, 0.25) is 11.9 Å². The number of anilines is 4. The van der Waals surface area contributed by atoms with Crippen molar-refractivity contribution in [2.75, 3.05) is 32.0 Å². The predicted molar refractivity (Wildman–Crippen MR) is 197 cm³/mol. The van der Waals surface area contributed by atoms with Gasteiger partial charge in [-0.3, -0.25) is 9.36 Å². The van der Waals surface area contributed by atoms with Gasteiger partial charge in [-0.15, -0.1) is 0 Å². The summed E-state index contributed by atoms with van der Waals surface area (Å²) >= 11 is 0. The quantitative estimate of drug-likeness (QED) is 0.134. The van der Waals surface area contributed by atoms with Crippen molar-refractivity contribution in [3.63, 3.8) is 0 Å². The summed E-state index contributed by atoms with van der Waals surface area (Å²) in [7, 11) is 4.93. The molecule has 2 fully saturated rings. The number of benzene rings is 1. The Balaban J connectivity index is 1.16. The monoisotopic (exact) mass is 706 g/mol. The molecule has 0 unspecified atom stereocenters. The number of nitrogens with one attached hydrogen (secondary N) is 2. The van der Waals surface area contributed by atoms with Crippen LogP contribution in [0.25, 0.3) is 22.5 Å². The molecule has 0 spiro atoms. The molecule has 2 N–H and O–H groups in total. The van der Waals surface area contributed by atoms with E-state index in [4.69, 9.17) is 24.2 Å². The number of methoxy groups -OCH3 is 3. The zero-order valence-corrected chi connectivity index (χ0v) is 30.4. The Morgan fingerprint density at radius 2 is 1.15 bits per heavy atom. The van der Waals surface area contributed by atoms with Crippen molar-refractivity contribution in [3.05, 3.63) is 72.1 Å². The van der Waals surface area contributed by atoms with Crippen LogP contribution in [-0.4, -0.2) is 79.0 Å². The van der Waals surface area contributed by atoms with E-state index in [0.717, 1.165) is 79.4 Å². The molecule has 14 heteroatoms. The number of nitrogens with zero attached hydrogens (tertiary/aromatic N) is 8. The number of carbonyl (C=O) groups is 1. The Labute approximate surface area is 303 Å². The van der Waals surface area contributed by atoms with Crippen molar-refractivity contribution in [2.24, 2.45) is 0 Å². The lowest BCUT2D eigenvalue weighted by Crippen LogP contribution is -2.22. The van der Waals surface area contributed by atoms with Crippen molar-refractivity contribution in [1.82, 2.24) is 39.5 Å². The minimum atomic E-state index is -0.445. The third kappa shape index (κ3) is 7.67. The summed E-state index contributed by atoms with van der Waals surface area (Å²) in [6, 6.07) is 6.08. The first kappa shape index (κ1) is 35.2. The van der Waals surface area contributed by atoms with E-state index in [2.05, 4.69) is 30.8 Å². The zero-order chi connectivity index (χ0) is 36.2. The Kier molecular flexibility index (Phi) is 10.5. The van der Waals surface area contributed by atoms with Crippen LogP contribution < -0.4 is 10.6 Å². The largest absolute Gasteiger partial charge is 0.465 e. The van der Waals surface area contributed by atoms with E-state index in [0.29, 0.717) is 58.7 Å². The summed E-state index contributed by atoms with van der Waals surface area (Å²) in [4.78, 5) is 31.8. The molecule has 14 nitrogen and oxygen atoms in total. The van der Waals surface area contributed by atoms with Crippen LogP contribution in [0, 0.1) is 13.8 Å². The molecule has 0 saturated heterocycles. The Bertz CT molecular complexity index is 2010. The number of ether oxygens (including phenoxy) is 3. The second-order valence-corrected chi connectivity index (χ2v) is 13.7. The number of carbonyl (C=O) groups excluding carboxylic acids is 1. The van der Waals surface area contributed by atoms with Gasteiger partial charge in [-0.25, -0.2) is 24.7 Å². The molecule has 0 aliphatic heterocycles. The summed E-state index contributed by atoms with van der Waals surface area (Å²) < 4.78 is 20.2. The average Bonchev–Trinajstić information content (AvgIpc) is 3.86. The van der Waals surface area contributed by atoms with E-state index < -0.39 is 5.97 Å². The molecule has 272 valence electrons. The first-order valence-corrected chi connectivity index (χ1v) is 17.9. The van der Waals surface area contributed by atoms with Gasteiger partial charge >= 0.3 is 5.97 Å². The van der Waals surface area contributed by atoms with Gasteiger partial charge in [0.05, 0.1) is 72.1 Å². The summed E-state index contributed by atoms with van der Waals surface area (Å²) in [5.74, 6) is 0.396. The summed E-state index contributed by atoms with van der Waals surface area (Å²) in [5.41, 5.74) is 6.54. The van der Waals surface area contributed by atoms with E-state index in [9.17, 15) is 4.79 Å². The molecule has 0 atom stereocenters. The summed E-state index contributed by atoms with van der Waals surface area (Å²) in [5, 5.41) is 15.9. The van der Waals surface area contributed by atoms with Crippen LogP contribution in [0.1, 0.15) is 84.9 Å². The average molecular weight is 707 g/mol. The van der Waals surface area contributed by atoms with Gasteiger partial charge in [-0.05, 0) is 88.5 Å². The SMILES string of the molecule is COC(=O)c1ccc(-c2nc(Nc3cnn(C4CCC(OC)CC4)c3)ncc2C)c(-c2nc(Nc3cnn(C4CCC(OC)CC4)c3)ncc2C)c1. The van der Waals surface area contributed by atoms with Crippen LogP contribution in [-0.2, 0) is 14.2 Å². The normalized spacial score (nSPS) is 20.4. The Morgan fingerprint density at radius 1 is 0.673 bits per heavy atom. The molecular formula is C38H46N10O4. The zero-order valence-electron chi connectivity index (χ0n) is 30.4. The minimum absolute atomic E-state index is 0.321. The van der Waals surface area contributed by atoms with Crippen LogP contribution in [0.2, 0.25) is 0 Å². The lowest BCUT2D eigenvalue weighted by atomic mass is 9.93. The van der Waals surface area contributed by atoms with Crippen LogP contribution in [0.5, 0.6) is 0 Å². The molecule has 5 aromatic rings. The highest BCUT2D eigenvalue weighted by Crippen LogP contribution is 2.36. The molecule has 7 rings (SSSR count). The standard InChI is InChI=1S/C38H46N10O4/c1-23-17-39-37(43-26-19-41-47(21-26)28-7-11-30(50-3)12-8-28)45-34(23)32-15-6-25(36(49)52-5)16-33(32)35-24(2)18-40-38(46-35)44-27-20-42-48(22-27)29-9-13-31(51-4)14-10-29/h6,15-22,28-31H,7-14H2,1-5H3,(H,39,43,45)(H,40,44,46). The fraction of sp³-hybridized carbons (Fsp3) is 0.447. The number of aryl methyl sites for hydroxylation is 2. The molecule has 4 aromatic heterocycles. The molecule has 2 aliphatic carbocycles. The second kappa shape index (κ2) is 15.6. The molecule has 1 aromatic carbocycles. The maximum Gasteiger partial charge on any atom is 0.337 e. The number of rotatable bonds is 11. The van der Waals surface area contributed by atoms with E-state index >= 15 is 0 Å². The van der Waals surface area contributed by atoms with Gasteiger partial charge in [0.25, 0.3) is 0 Å². The fourth-order valence-electron chi connectivity index (χ4n) is 7.30. The highest BCUT2D eigenvalue weighted by molar-refractivity contribution is 5.94. The highest BCUT2D eigenvalue weighted by atomic mass is 16.5. The fourth-order valence-corrected chi connectivity index (χ4v) is 7.30. The number of esters is 1. The number of hydrogen-bond donors (Lipinski definition) is 2. The van der Waals surface area contributed by atoms with Gasteiger partial charge in [0.1, 0.15) is 0 Å². The number of aromatic nitrogens is 8. The highest BCUT2D eigenvalue weighted by Gasteiger charge is 2.25. The van der Waals surface area contributed by atoms with Gasteiger partial charge in [0.15, 0.2) is 0 Å². The van der Waals surface area contributed by atoms with Crippen molar-refractivity contribution in [2.45, 2.75) is 89.5 Å². The van der Waals surface area contributed by atoms with E-state index in [-0.39, 0.29) is 0 Å². The smallest absolute Gasteiger partial charge is 0.337 e. The Hall–Kier alpha value is -5.21. The lowest BCUT2D eigenvalue weighted by Gasteiger charge is -2.27. The van der Waals surface area contributed by atoms with Crippen molar-refractivity contribution >= 4 is 29.2 Å². The predicted octanol–water partition coefficient (Wildman–Crippen LogP) is 7.14. The van der Waals surface area contributed by atoms with Crippen molar-refractivity contribution < 1.29 is 19.0 Å². The van der Waals surface area contributed by atoms with E-state index in [1.165, 1.54) is 7.11 Å². The number of hydrogen-bond acceptors (Lipinski definition) is 12. The van der Waals surface area contributed by atoms with Gasteiger partial charge in [0, 0.05) is 50.1 Å². The summed E-state index contributed by atoms with van der Waals surface area (Å²) in [6.07, 6.45) is 20.0. The topological polar surface area (TPSA) is 156 Å². The molecular weight excluding hydrogens is 660 g/mol. The third-order valence-corrected chi connectivity index (χ3v) is 10.3. The van der Waals surface area contributed by atoms with E-state index in [1.807, 2.05) is 41.7 Å². The lowest BCUT2D eigenvalue weighted by molar-refractivity contribution is 0.0567.